The molecule has 2 heteroatoms. The van der Waals surface area contributed by atoms with Gasteiger partial charge in [-0.3, -0.25) is 0 Å². The van der Waals surface area contributed by atoms with Crippen LogP contribution in [0.1, 0.15) is 24.5 Å². The Morgan fingerprint density at radius 3 is 2.62 bits per heavy atom. The first-order valence-electron chi connectivity index (χ1n) is 4.56. The van der Waals surface area contributed by atoms with Crippen molar-refractivity contribution in [3.05, 3.63) is 29.3 Å². The number of aryl methyl sites for hydroxylation is 2. The Labute approximate surface area is 78.8 Å². The van der Waals surface area contributed by atoms with Crippen molar-refractivity contribution in [3.63, 3.8) is 0 Å². The molecule has 0 aliphatic rings. The SMILES string of the molecule is Cc1ccc(CC[C@H](C)O)cc1O. The van der Waals surface area contributed by atoms with Gasteiger partial charge >= 0.3 is 0 Å². The minimum absolute atomic E-state index is 0.275. The summed E-state index contributed by atoms with van der Waals surface area (Å²) in [6, 6.07) is 5.64. The van der Waals surface area contributed by atoms with Crippen LogP contribution >= 0.6 is 0 Å². The summed E-state index contributed by atoms with van der Waals surface area (Å²) in [6.07, 6.45) is 1.28. The maximum Gasteiger partial charge on any atom is 0.118 e. The highest BCUT2D eigenvalue weighted by molar-refractivity contribution is 5.35. The first kappa shape index (κ1) is 10.1. The molecule has 1 aromatic rings. The van der Waals surface area contributed by atoms with Gasteiger partial charge in [0.15, 0.2) is 0 Å². The molecule has 0 aliphatic heterocycles. The molecule has 13 heavy (non-hydrogen) atoms. The summed E-state index contributed by atoms with van der Waals surface area (Å²) >= 11 is 0. The molecule has 72 valence electrons. The standard InChI is InChI=1S/C11H16O2/c1-8-3-5-10(7-11(8)13)6-4-9(2)12/h3,5,7,9,12-13H,4,6H2,1-2H3/t9-/m0/s1. The van der Waals surface area contributed by atoms with E-state index in [1.54, 1.807) is 13.0 Å². The van der Waals surface area contributed by atoms with Crippen molar-refractivity contribution in [1.29, 1.82) is 0 Å². The van der Waals surface area contributed by atoms with Crippen LogP contribution in [0, 0.1) is 6.92 Å². The van der Waals surface area contributed by atoms with Gasteiger partial charge in [-0.1, -0.05) is 12.1 Å². The van der Waals surface area contributed by atoms with Gasteiger partial charge in [0, 0.05) is 0 Å². The Morgan fingerprint density at radius 1 is 1.38 bits per heavy atom. The van der Waals surface area contributed by atoms with E-state index in [1.165, 1.54) is 0 Å². The lowest BCUT2D eigenvalue weighted by molar-refractivity contribution is 0.185. The fraction of sp³-hybridized carbons (Fsp3) is 0.455. The van der Waals surface area contributed by atoms with E-state index >= 15 is 0 Å². The van der Waals surface area contributed by atoms with Crippen molar-refractivity contribution in [2.45, 2.75) is 32.8 Å². The van der Waals surface area contributed by atoms with Crippen molar-refractivity contribution in [2.24, 2.45) is 0 Å². The van der Waals surface area contributed by atoms with E-state index in [2.05, 4.69) is 0 Å². The fourth-order valence-corrected chi connectivity index (χ4v) is 1.19. The number of phenols is 1. The number of rotatable bonds is 3. The lowest BCUT2D eigenvalue weighted by Gasteiger charge is -2.05. The van der Waals surface area contributed by atoms with E-state index in [-0.39, 0.29) is 6.10 Å². The summed E-state index contributed by atoms with van der Waals surface area (Å²) in [5, 5.41) is 18.5. The number of aliphatic hydroxyl groups is 1. The van der Waals surface area contributed by atoms with Crippen LogP contribution in [0.3, 0.4) is 0 Å². The number of hydrogen-bond acceptors (Lipinski definition) is 2. The summed E-state index contributed by atoms with van der Waals surface area (Å²) in [5.41, 5.74) is 1.96. The summed E-state index contributed by atoms with van der Waals surface area (Å²) in [6.45, 7) is 3.64. The lowest BCUT2D eigenvalue weighted by Crippen LogP contribution is -2.01. The van der Waals surface area contributed by atoms with Gasteiger partial charge in [-0.25, -0.2) is 0 Å². The average Bonchev–Trinajstić information content (AvgIpc) is 2.07. The van der Waals surface area contributed by atoms with Crippen LogP contribution in [0.4, 0.5) is 0 Å². The molecule has 2 nitrogen and oxygen atoms in total. The van der Waals surface area contributed by atoms with E-state index in [9.17, 15) is 5.11 Å². The summed E-state index contributed by atoms with van der Waals surface area (Å²) < 4.78 is 0. The lowest BCUT2D eigenvalue weighted by atomic mass is 10.1. The maximum absolute atomic E-state index is 9.40. The molecule has 0 amide bonds. The summed E-state index contributed by atoms with van der Waals surface area (Å²) in [4.78, 5) is 0. The topological polar surface area (TPSA) is 40.5 Å². The molecule has 0 aliphatic carbocycles. The predicted octanol–water partition coefficient (Wildman–Crippen LogP) is 2.01. The summed E-state index contributed by atoms with van der Waals surface area (Å²) in [7, 11) is 0. The second-order valence-electron chi connectivity index (χ2n) is 3.51. The zero-order valence-corrected chi connectivity index (χ0v) is 8.12. The van der Waals surface area contributed by atoms with Gasteiger partial charge in [-0.2, -0.15) is 0 Å². The van der Waals surface area contributed by atoms with E-state index in [0.29, 0.717) is 5.75 Å². The first-order chi connectivity index (χ1) is 6.09. The molecule has 0 fully saturated rings. The minimum Gasteiger partial charge on any atom is -0.508 e. The third-order valence-electron chi connectivity index (χ3n) is 2.12. The van der Waals surface area contributed by atoms with Crippen LogP contribution in [0.5, 0.6) is 5.75 Å². The number of phenolic OH excluding ortho intramolecular Hbond substituents is 1. The number of hydrogen-bond donors (Lipinski definition) is 2. The van der Waals surface area contributed by atoms with Gasteiger partial charge in [0.2, 0.25) is 0 Å². The van der Waals surface area contributed by atoms with Crippen molar-refractivity contribution in [2.75, 3.05) is 0 Å². The molecule has 0 unspecified atom stereocenters. The van der Waals surface area contributed by atoms with Crippen LogP contribution < -0.4 is 0 Å². The van der Waals surface area contributed by atoms with Gasteiger partial charge in [-0.05, 0) is 43.9 Å². The molecule has 2 N–H and O–H groups in total. The Kier molecular flexibility index (Phi) is 3.32. The highest BCUT2D eigenvalue weighted by Gasteiger charge is 2.00. The first-order valence-corrected chi connectivity index (χ1v) is 4.56. The van der Waals surface area contributed by atoms with Gasteiger partial charge in [0.25, 0.3) is 0 Å². The smallest absolute Gasteiger partial charge is 0.118 e. The van der Waals surface area contributed by atoms with E-state index < -0.39 is 0 Å². The quantitative estimate of drug-likeness (QED) is 0.747. The Balaban J connectivity index is 2.63. The molecule has 1 atom stereocenters. The Bertz CT molecular complexity index is 279. The van der Waals surface area contributed by atoms with Crippen molar-refractivity contribution < 1.29 is 10.2 Å². The molecule has 0 spiro atoms. The number of aromatic hydroxyl groups is 1. The van der Waals surface area contributed by atoms with Gasteiger partial charge in [0.05, 0.1) is 6.10 Å². The van der Waals surface area contributed by atoms with Crippen LogP contribution in [0.25, 0.3) is 0 Å². The highest BCUT2D eigenvalue weighted by Crippen LogP contribution is 2.18. The van der Waals surface area contributed by atoms with E-state index in [0.717, 1.165) is 24.0 Å². The van der Waals surface area contributed by atoms with Crippen molar-refractivity contribution >= 4 is 0 Å². The van der Waals surface area contributed by atoms with Crippen LogP contribution in [0.2, 0.25) is 0 Å². The van der Waals surface area contributed by atoms with Gasteiger partial charge in [0.1, 0.15) is 5.75 Å². The van der Waals surface area contributed by atoms with Crippen molar-refractivity contribution in [3.8, 4) is 5.75 Å². The number of benzene rings is 1. The molecule has 1 aromatic carbocycles. The monoisotopic (exact) mass is 180 g/mol. The molecule has 0 saturated heterocycles. The highest BCUT2D eigenvalue weighted by atomic mass is 16.3. The third-order valence-corrected chi connectivity index (χ3v) is 2.12. The Morgan fingerprint density at radius 2 is 2.08 bits per heavy atom. The minimum atomic E-state index is -0.275. The van der Waals surface area contributed by atoms with Gasteiger partial charge in [-0.15, -0.1) is 0 Å². The molecule has 0 aromatic heterocycles. The summed E-state index contributed by atoms with van der Waals surface area (Å²) in [5.74, 6) is 0.336. The Hall–Kier alpha value is -1.02. The second-order valence-corrected chi connectivity index (χ2v) is 3.51. The molecular formula is C11H16O2. The zero-order valence-electron chi connectivity index (χ0n) is 8.12. The third kappa shape index (κ3) is 3.07. The largest absolute Gasteiger partial charge is 0.508 e. The van der Waals surface area contributed by atoms with Gasteiger partial charge < -0.3 is 10.2 Å². The maximum atomic E-state index is 9.40. The van der Waals surface area contributed by atoms with E-state index in [1.807, 2.05) is 19.1 Å². The molecule has 0 bridgehead atoms. The zero-order chi connectivity index (χ0) is 9.84. The molecule has 0 heterocycles. The predicted molar refractivity (Wildman–Crippen MR) is 52.8 cm³/mol. The van der Waals surface area contributed by atoms with Crippen molar-refractivity contribution in [1.82, 2.24) is 0 Å². The number of aliphatic hydroxyl groups excluding tert-OH is 1. The second kappa shape index (κ2) is 4.28. The molecular weight excluding hydrogens is 164 g/mol. The molecule has 1 rings (SSSR count). The normalized spacial score (nSPS) is 12.8. The van der Waals surface area contributed by atoms with Crippen LogP contribution in [-0.4, -0.2) is 16.3 Å². The van der Waals surface area contributed by atoms with Crippen LogP contribution in [0.15, 0.2) is 18.2 Å². The molecule has 0 saturated carbocycles. The fourth-order valence-electron chi connectivity index (χ4n) is 1.19. The molecule has 0 radical (unpaired) electrons. The average molecular weight is 180 g/mol. The van der Waals surface area contributed by atoms with E-state index in [4.69, 9.17) is 5.11 Å². The van der Waals surface area contributed by atoms with Crippen LogP contribution in [-0.2, 0) is 6.42 Å².